The lowest BCUT2D eigenvalue weighted by atomic mass is 10.2. The number of hydrogen-bond acceptors (Lipinski definition) is 3. The number of amides is 1. The average Bonchev–Trinajstić information content (AvgIpc) is 2.77. The van der Waals surface area contributed by atoms with Crippen molar-refractivity contribution in [3.05, 3.63) is 29.3 Å². The highest BCUT2D eigenvalue weighted by atomic mass is 35.5. The van der Waals surface area contributed by atoms with Gasteiger partial charge in [0.05, 0.1) is 0 Å². The Bertz CT molecular complexity index is 482. The molecule has 0 radical (unpaired) electrons. The van der Waals surface area contributed by atoms with Crippen LogP contribution in [0.1, 0.15) is 40.0 Å². The van der Waals surface area contributed by atoms with E-state index in [1.807, 2.05) is 45.0 Å². The zero-order valence-electron chi connectivity index (χ0n) is 12.8. The first-order valence-corrected chi connectivity index (χ1v) is 7.71. The van der Waals surface area contributed by atoms with E-state index in [-0.39, 0.29) is 12.1 Å². The van der Waals surface area contributed by atoms with Gasteiger partial charge in [-0.3, -0.25) is 0 Å². The molecule has 0 heterocycles. The molecule has 1 aromatic carbocycles. The Labute approximate surface area is 131 Å². The van der Waals surface area contributed by atoms with Gasteiger partial charge in [0.25, 0.3) is 0 Å². The summed E-state index contributed by atoms with van der Waals surface area (Å²) in [5.74, 6) is 0. The molecule has 0 bridgehead atoms. The third-order valence-corrected chi connectivity index (χ3v) is 3.62. The van der Waals surface area contributed by atoms with Crippen LogP contribution in [0.15, 0.2) is 24.3 Å². The van der Waals surface area contributed by atoms with Gasteiger partial charge in [-0.25, -0.2) is 4.79 Å². The molecule has 1 aromatic rings. The van der Waals surface area contributed by atoms with Crippen molar-refractivity contribution in [2.75, 3.05) is 5.32 Å². The van der Waals surface area contributed by atoms with Gasteiger partial charge in [0, 0.05) is 22.8 Å². The van der Waals surface area contributed by atoms with Gasteiger partial charge in [-0.15, -0.1) is 0 Å². The SMILES string of the molecule is CC(C)(C)OC(=O)NC1CCC(Nc2ccc(Cl)cc2)C1. The molecular weight excluding hydrogens is 288 g/mol. The van der Waals surface area contributed by atoms with Gasteiger partial charge in [-0.2, -0.15) is 0 Å². The summed E-state index contributed by atoms with van der Waals surface area (Å²) >= 11 is 5.87. The lowest BCUT2D eigenvalue weighted by molar-refractivity contribution is 0.0505. The molecule has 2 unspecified atom stereocenters. The molecule has 1 saturated carbocycles. The Morgan fingerprint density at radius 2 is 1.81 bits per heavy atom. The second-order valence-corrected chi connectivity index (χ2v) is 6.94. The van der Waals surface area contributed by atoms with Crippen LogP contribution in [0.5, 0.6) is 0 Å². The van der Waals surface area contributed by atoms with Crippen LogP contribution in [0, 0.1) is 0 Å². The van der Waals surface area contributed by atoms with Crippen LogP contribution in [0.25, 0.3) is 0 Å². The normalized spacial score (nSPS) is 21.9. The third-order valence-electron chi connectivity index (χ3n) is 3.37. The Kier molecular flexibility index (Phi) is 4.99. The number of rotatable bonds is 3. The molecule has 1 aliphatic carbocycles. The molecule has 1 aliphatic rings. The molecule has 5 heteroatoms. The van der Waals surface area contributed by atoms with Crippen molar-refractivity contribution in [3.63, 3.8) is 0 Å². The number of nitrogens with one attached hydrogen (secondary N) is 2. The number of ether oxygens (including phenoxy) is 1. The molecule has 2 atom stereocenters. The van der Waals surface area contributed by atoms with Gasteiger partial charge in [-0.05, 0) is 64.3 Å². The first-order chi connectivity index (χ1) is 9.82. The minimum atomic E-state index is -0.455. The second kappa shape index (κ2) is 6.56. The molecular formula is C16H23ClN2O2. The molecule has 4 nitrogen and oxygen atoms in total. The van der Waals surface area contributed by atoms with Crippen molar-refractivity contribution >= 4 is 23.4 Å². The number of benzene rings is 1. The van der Waals surface area contributed by atoms with E-state index in [0.29, 0.717) is 6.04 Å². The Morgan fingerprint density at radius 1 is 1.19 bits per heavy atom. The quantitative estimate of drug-likeness (QED) is 0.879. The van der Waals surface area contributed by atoms with E-state index >= 15 is 0 Å². The third kappa shape index (κ3) is 5.46. The fourth-order valence-corrected chi connectivity index (χ4v) is 2.63. The van der Waals surface area contributed by atoms with Gasteiger partial charge < -0.3 is 15.4 Å². The van der Waals surface area contributed by atoms with E-state index in [0.717, 1.165) is 30.0 Å². The fraction of sp³-hybridized carbons (Fsp3) is 0.562. The van der Waals surface area contributed by atoms with E-state index in [1.165, 1.54) is 0 Å². The van der Waals surface area contributed by atoms with Crippen LogP contribution < -0.4 is 10.6 Å². The number of hydrogen-bond donors (Lipinski definition) is 2. The van der Waals surface area contributed by atoms with E-state index in [2.05, 4.69) is 10.6 Å². The minimum Gasteiger partial charge on any atom is -0.444 e. The van der Waals surface area contributed by atoms with E-state index in [4.69, 9.17) is 16.3 Å². The molecule has 0 aliphatic heterocycles. The van der Waals surface area contributed by atoms with Gasteiger partial charge in [0.15, 0.2) is 0 Å². The Balaban J connectivity index is 1.78. The molecule has 2 N–H and O–H groups in total. The van der Waals surface area contributed by atoms with Crippen LogP contribution >= 0.6 is 11.6 Å². The summed E-state index contributed by atoms with van der Waals surface area (Å²) in [5, 5.41) is 7.14. The molecule has 1 amide bonds. The van der Waals surface area contributed by atoms with E-state index in [9.17, 15) is 4.79 Å². The van der Waals surface area contributed by atoms with Crippen molar-refractivity contribution in [3.8, 4) is 0 Å². The lowest BCUT2D eigenvalue weighted by Gasteiger charge is -2.22. The van der Waals surface area contributed by atoms with Crippen molar-refractivity contribution in [2.24, 2.45) is 0 Å². The smallest absolute Gasteiger partial charge is 0.407 e. The summed E-state index contributed by atoms with van der Waals surface area (Å²) in [4.78, 5) is 11.7. The van der Waals surface area contributed by atoms with Crippen LogP contribution in [0.4, 0.5) is 10.5 Å². The topological polar surface area (TPSA) is 50.4 Å². The first-order valence-electron chi connectivity index (χ1n) is 7.33. The summed E-state index contributed by atoms with van der Waals surface area (Å²) in [6.45, 7) is 5.60. The maximum Gasteiger partial charge on any atom is 0.407 e. The summed E-state index contributed by atoms with van der Waals surface area (Å²) in [5.41, 5.74) is 0.603. The molecule has 0 aromatic heterocycles. The van der Waals surface area contributed by atoms with Gasteiger partial charge in [0.1, 0.15) is 5.60 Å². The standard InChI is InChI=1S/C16H23ClN2O2/c1-16(2,3)21-15(20)19-14-9-8-13(10-14)18-12-6-4-11(17)5-7-12/h4-7,13-14,18H,8-10H2,1-3H3,(H,19,20). The predicted octanol–water partition coefficient (Wildman–Crippen LogP) is 4.20. The van der Waals surface area contributed by atoms with Crippen LogP contribution in [0.3, 0.4) is 0 Å². The van der Waals surface area contributed by atoms with E-state index in [1.54, 1.807) is 0 Å². The summed E-state index contributed by atoms with van der Waals surface area (Å²) in [6, 6.07) is 8.22. The molecule has 0 spiro atoms. The minimum absolute atomic E-state index is 0.171. The highest BCUT2D eigenvalue weighted by Crippen LogP contribution is 2.24. The van der Waals surface area contributed by atoms with Gasteiger partial charge in [0.2, 0.25) is 0 Å². The number of carbonyl (C=O) groups excluding carboxylic acids is 1. The van der Waals surface area contributed by atoms with Gasteiger partial charge >= 0.3 is 6.09 Å². The Morgan fingerprint density at radius 3 is 2.43 bits per heavy atom. The molecule has 1 fully saturated rings. The highest BCUT2D eigenvalue weighted by Gasteiger charge is 2.27. The summed E-state index contributed by atoms with van der Waals surface area (Å²) in [6.07, 6.45) is 2.56. The summed E-state index contributed by atoms with van der Waals surface area (Å²) in [7, 11) is 0. The molecule has 116 valence electrons. The number of alkyl carbamates (subject to hydrolysis) is 1. The van der Waals surface area contributed by atoms with Crippen LogP contribution in [0.2, 0.25) is 5.02 Å². The maximum atomic E-state index is 11.7. The first kappa shape index (κ1) is 16.0. The Hall–Kier alpha value is -1.42. The number of anilines is 1. The van der Waals surface area contributed by atoms with Crippen molar-refractivity contribution < 1.29 is 9.53 Å². The van der Waals surface area contributed by atoms with E-state index < -0.39 is 5.60 Å². The zero-order valence-corrected chi connectivity index (χ0v) is 13.5. The molecule has 21 heavy (non-hydrogen) atoms. The number of carbonyl (C=O) groups is 1. The second-order valence-electron chi connectivity index (χ2n) is 6.50. The predicted molar refractivity (Wildman–Crippen MR) is 85.9 cm³/mol. The number of halogens is 1. The van der Waals surface area contributed by atoms with Crippen molar-refractivity contribution in [1.29, 1.82) is 0 Å². The highest BCUT2D eigenvalue weighted by molar-refractivity contribution is 6.30. The monoisotopic (exact) mass is 310 g/mol. The lowest BCUT2D eigenvalue weighted by Crippen LogP contribution is -2.38. The summed E-state index contributed by atoms with van der Waals surface area (Å²) < 4.78 is 5.28. The van der Waals surface area contributed by atoms with Crippen molar-refractivity contribution in [1.82, 2.24) is 5.32 Å². The average molecular weight is 311 g/mol. The van der Waals surface area contributed by atoms with Crippen LogP contribution in [-0.4, -0.2) is 23.8 Å². The molecule has 0 saturated heterocycles. The van der Waals surface area contributed by atoms with Crippen LogP contribution in [-0.2, 0) is 4.74 Å². The zero-order chi connectivity index (χ0) is 15.5. The maximum absolute atomic E-state index is 11.7. The van der Waals surface area contributed by atoms with Crippen molar-refractivity contribution in [2.45, 2.75) is 57.7 Å². The fourth-order valence-electron chi connectivity index (χ4n) is 2.50. The largest absolute Gasteiger partial charge is 0.444 e. The van der Waals surface area contributed by atoms with Gasteiger partial charge in [-0.1, -0.05) is 11.6 Å². The molecule has 2 rings (SSSR count).